The molecule has 0 aromatic carbocycles. The quantitative estimate of drug-likeness (QED) is 0.450. The standard InChI is InChI=1S/C13H21N3OS/c1-15-12(11-17)10-14-13(15)18-9-5-8-16-6-3-2-4-7-16/h10-11H,2-9H2,1H3. The van der Waals surface area contributed by atoms with Crippen molar-refractivity contribution in [2.24, 2.45) is 7.05 Å². The number of aromatic nitrogens is 2. The van der Waals surface area contributed by atoms with Crippen LogP contribution in [0.4, 0.5) is 0 Å². The highest BCUT2D eigenvalue weighted by atomic mass is 32.2. The number of carbonyl (C=O) groups excluding carboxylic acids is 1. The maximum atomic E-state index is 10.7. The lowest BCUT2D eigenvalue weighted by molar-refractivity contribution is 0.111. The topological polar surface area (TPSA) is 38.1 Å². The molecule has 1 aromatic rings. The zero-order valence-corrected chi connectivity index (χ0v) is 11.8. The maximum Gasteiger partial charge on any atom is 0.168 e. The van der Waals surface area contributed by atoms with Gasteiger partial charge in [-0.2, -0.15) is 0 Å². The van der Waals surface area contributed by atoms with Gasteiger partial charge in [0.15, 0.2) is 11.4 Å². The molecular formula is C13H21N3OS. The molecule has 2 rings (SSSR count). The number of hydrogen-bond acceptors (Lipinski definition) is 4. The van der Waals surface area contributed by atoms with Crippen molar-refractivity contribution in [3.63, 3.8) is 0 Å². The second-order valence-corrected chi connectivity index (χ2v) is 5.81. The van der Waals surface area contributed by atoms with Gasteiger partial charge in [-0.05, 0) is 38.9 Å². The maximum absolute atomic E-state index is 10.7. The molecule has 0 spiro atoms. The van der Waals surface area contributed by atoms with E-state index in [1.165, 1.54) is 45.3 Å². The summed E-state index contributed by atoms with van der Waals surface area (Å²) in [5.74, 6) is 1.07. The van der Waals surface area contributed by atoms with Gasteiger partial charge >= 0.3 is 0 Å². The van der Waals surface area contributed by atoms with Crippen LogP contribution in [0, 0.1) is 0 Å². The number of aldehydes is 1. The number of rotatable bonds is 6. The minimum absolute atomic E-state index is 0.647. The van der Waals surface area contributed by atoms with E-state index in [1.807, 2.05) is 11.6 Å². The third kappa shape index (κ3) is 3.59. The number of carbonyl (C=O) groups is 1. The van der Waals surface area contributed by atoms with E-state index >= 15 is 0 Å². The summed E-state index contributed by atoms with van der Waals surface area (Å²) in [6, 6.07) is 0. The highest BCUT2D eigenvalue weighted by Crippen LogP contribution is 2.18. The molecule has 0 unspecified atom stereocenters. The Morgan fingerprint density at radius 1 is 1.39 bits per heavy atom. The third-order valence-electron chi connectivity index (χ3n) is 3.40. The predicted octanol–water partition coefficient (Wildman–Crippen LogP) is 2.20. The van der Waals surface area contributed by atoms with Gasteiger partial charge < -0.3 is 9.47 Å². The SMILES string of the molecule is Cn1c(C=O)cnc1SCCCN1CCCCC1. The Hall–Kier alpha value is -0.810. The van der Waals surface area contributed by atoms with Crippen LogP contribution in [0.25, 0.3) is 0 Å². The van der Waals surface area contributed by atoms with Crippen molar-refractivity contribution < 1.29 is 4.79 Å². The summed E-state index contributed by atoms with van der Waals surface area (Å²) in [7, 11) is 1.89. The molecule has 0 radical (unpaired) electrons. The van der Waals surface area contributed by atoms with Crippen LogP contribution in [0.15, 0.2) is 11.4 Å². The molecule has 1 aliphatic rings. The normalized spacial score (nSPS) is 16.9. The Balaban J connectivity index is 1.68. The summed E-state index contributed by atoms with van der Waals surface area (Å²) in [6.07, 6.45) is 7.79. The van der Waals surface area contributed by atoms with Crippen molar-refractivity contribution in [1.29, 1.82) is 0 Å². The molecule has 1 fully saturated rings. The zero-order valence-electron chi connectivity index (χ0n) is 11.0. The lowest BCUT2D eigenvalue weighted by Crippen LogP contribution is -2.30. The van der Waals surface area contributed by atoms with Crippen LogP contribution < -0.4 is 0 Å². The first-order chi connectivity index (χ1) is 8.81. The first kappa shape index (κ1) is 13.6. The number of likely N-dealkylation sites (tertiary alicyclic amines) is 1. The first-order valence-corrected chi connectivity index (χ1v) is 7.62. The molecule has 100 valence electrons. The fraction of sp³-hybridized carbons (Fsp3) is 0.692. The molecule has 2 heterocycles. The zero-order chi connectivity index (χ0) is 12.8. The van der Waals surface area contributed by atoms with Gasteiger partial charge in [-0.3, -0.25) is 4.79 Å². The molecule has 4 nitrogen and oxygen atoms in total. The Labute approximate surface area is 113 Å². The molecule has 0 amide bonds. The van der Waals surface area contributed by atoms with Crippen molar-refractivity contribution in [1.82, 2.24) is 14.5 Å². The molecule has 0 atom stereocenters. The Kier molecular flexibility index (Phi) is 5.26. The van der Waals surface area contributed by atoms with Gasteiger partial charge in [0.1, 0.15) is 5.69 Å². The molecule has 0 N–H and O–H groups in total. The molecule has 5 heteroatoms. The van der Waals surface area contributed by atoms with E-state index in [2.05, 4.69) is 9.88 Å². The third-order valence-corrected chi connectivity index (χ3v) is 4.53. The lowest BCUT2D eigenvalue weighted by atomic mass is 10.1. The van der Waals surface area contributed by atoms with Gasteiger partial charge in [0.25, 0.3) is 0 Å². The minimum atomic E-state index is 0.647. The van der Waals surface area contributed by atoms with E-state index in [9.17, 15) is 4.79 Å². The number of nitrogens with zero attached hydrogens (tertiary/aromatic N) is 3. The largest absolute Gasteiger partial charge is 0.320 e. The van der Waals surface area contributed by atoms with Crippen molar-refractivity contribution in [2.75, 3.05) is 25.4 Å². The van der Waals surface area contributed by atoms with E-state index in [0.717, 1.165) is 17.2 Å². The first-order valence-electron chi connectivity index (χ1n) is 6.63. The molecule has 1 aliphatic heterocycles. The van der Waals surface area contributed by atoms with Crippen LogP contribution in [0.5, 0.6) is 0 Å². The van der Waals surface area contributed by atoms with Crippen LogP contribution in [0.3, 0.4) is 0 Å². The Morgan fingerprint density at radius 2 is 2.17 bits per heavy atom. The Morgan fingerprint density at radius 3 is 2.83 bits per heavy atom. The smallest absolute Gasteiger partial charge is 0.168 e. The van der Waals surface area contributed by atoms with Gasteiger partial charge in [0.05, 0.1) is 6.20 Å². The summed E-state index contributed by atoms with van der Waals surface area (Å²) in [6.45, 7) is 3.72. The van der Waals surface area contributed by atoms with Crippen LogP contribution in [-0.4, -0.2) is 46.1 Å². The molecule has 0 bridgehead atoms. The predicted molar refractivity (Wildman–Crippen MR) is 74.2 cm³/mol. The lowest BCUT2D eigenvalue weighted by Gasteiger charge is -2.26. The molecular weight excluding hydrogens is 246 g/mol. The van der Waals surface area contributed by atoms with E-state index in [1.54, 1.807) is 18.0 Å². The molecule has 1 saturated heterocycles. The summed E-state index contributed by atoms with van der Waals surface area (Å²) < 4.78 is 1.86. The van der Waals surface area contributed by atoms with E-state index in [4.69, 9.17) is 0 Å². The fourth-order valence-electron chi connectivity index (χ4n) is 2.28. The van der Waals surface area contributed by atoms with Gasteiger partial charge in [-0.15, -0.1) is 0 Å². The van der Waals surface area contributed by atoms with Gasteiger partial charge in [-0.25, -0.2) is 4.98 Å². The van der Waals surface area contributed by atoms with Gasteiger partial charge in [-0.1, -0.05) is 18.2 Å². The average Bonchev–Trinajstić information content (AvgIpc) is 2.77. The summed E-state index contributed by atoms with van der Waals surface area (Å²) in [5, 5.41) is 0.941. The molecule has 1 aromatic heterocycles. The Bertz CT molecular complexity index is 386. The number of imidazole rings is 1. The number of thioether (sulfide) groups is 1. The number of piperidine rings is 1. The average molecular weight is 267 g/mol. The summed E-state index contributed by atoms with van der Waals surface area (Å²) in [5.41, 5.74) is 0.647. The number of hydrogen-bond donors (Lipinski definition) is 0. The van der Waals surface area contributed by atoms with Gasteiger partial charge in [0, 0.05) is 12.8 Å². The highest BCUT2D eigenvalue weighted by Gasteiger charge is 2.10. The monoisotopic (exact) mass is 267 g/mol. The minimum Gasteiger partial charge on any atom is -0.320 e. The van der Waals surface area contributed by atoms with Crippen LogP contribution in [-0.2, 0) is 7.05 Å². The van der Waals surface area contributed by atoms with Crippen molar-refractivity contribution in [3.05, 3.63) is 11.9 Å². The summed E-state index contributed by atoms with van der Waals surface area (Å²) >= 11 is 1.74. The van der Waals surface area contributed by atoms with Crippen molar-refractivity contribution in [3.8, 4) is 0 Å². The fourth-order valence-corrected chi connectivity index (χ4v) is 3.17. The second-order valence-electron chi connectivity index (χ2n) is 4.75. The van der Waals surface area contributed by atoms with Crippen LogP contribution >= 0.6 is 11.8 Å². The molecule has 0 aliphatic carbocycles. The van der Waals surface area contributed by atoms with Crippen molar-refractivity contribution >= 4 is 18.0 Å². The summed E-state index contributed by atoms with van der Waals surface area (Å²) in [4.78, 5) is 17.5. The van der Waals surface area contributed by atoms with Crippen LogP contribution in [0.2, 0.25) is 0 Å². The molecule has 18 heavy (non-hydrogen) atoms. The highest BCUT2D eigenvalue weighted by molar-refractivity contribution is 7.99. The second kappa shape index (κ2) is 6.95. The van der Waals surface area contributed by atoms with E-state index in [-0.39, 0.29) is 0 Å². The van der Waals surface area contributed by atoms with E-state index in [0.29, 0.717) is 5.69 Å². The van der Waals surface area contributed by atoms with Crippen LogP contribution in [0.1, 0.15) is 36.2 Å². The van der Waals surface area contributed by atoms with Crippen molar-refractivity contribution in [2.45, 2.75) is 30.8 Å². The van der Waals surface area contributed by atoms with E-state index < -0.39 is 0 Å². The van der Waals surface area contributed by atoms with Gasteiger partial charge in [0.2, 0.25) is 0 Å². The molecule has 0 saturated carbocycles.